The topological polar surface area (TPSA) is 59.0 Å². The van der Waals surface area contributed by atoms with Crippen LogP contribution in [0.15, 0.2) is 30.3 Å². The highest BCUT2D eigenvalue weighted by atomic mass is 16.1. The Morgan fingerprint density at radius 1 is 1.17 bits per heavy atom. The molecule has 1 atom stereocenters. The molecule has 1 fully saturated rings. The molecule has 0 radical (unpaired) electrons. The Morgan fingerprint density at radius 2 is 1.97 bits per heavy atom. The molecule has 1 aromatic heterocycles. The molecule has 5 heteroatoms. The van der Waals surface area contributed by atoms with Crippen LogP contribution in [0.4, 0.5) is 11.4 Å². The van der Waals surface area contributed by atoms with Gasteiger partial charge in [-0.1, -0.05) is 19.9 Å². The van der Waals surface area contributed by atoms with Gasteiger partial charge in [-0.2, -0.15) is 5.10 Å². The average Bonchev–Trinajstić information content (AvgIpc) is 3.47. The Morgan fingerprint density at radius 3 is 2.69 bits per heavy atom. The van der Waals surface area contributed by atoms with E-state index in [2.05, 4.69) is 61.7 Å². The predicted octanol–water partition coefficient (Wildman–Crippen LogP) is 5.38. The zero-order chi connectivity index (χ0) is 20.3. The van der Waals surface area contributed by atoms with Crippen molar-refractivity contribution in [3.63, 3.8) is 0 Å². The van der Waals surface area contributed by atoms with Gasteiger partial charge in [0.25, 0.3) is 0 Å². The van der Waals surface area contributed by atoms with Gasteiger partial charge in [-0.05, 0) is 61.1 Å². The van der Waals surface area contributed by atoms with Crippen LogP contribution in [-0.2, 0) is 11.8 Å². The van der Waals surface area contributed by atoms with Crippen LogP contribution in [0.25, 0.3) is 22.0 Å². The molecule has 29 heavy (non-hydrogen) atoms. The summed E-state index contributed by atoms with van der Waals surface area (Å²) in [6.45, 7) is 6.44. The molecule has 5 nitrogen and oxygen atoms in total. The summed E-state index contributed by atoms with van der Waals surface area (Å²) in [7, 11) is 2.03. The lowest BCUT2D eigenvalue weighted by Gasteiger charge is -2.20. The van der Waals surface area contributed by atoms with Crippen molar-refractivity contribution in [3.8, 4) is 11.1 Å². The standard InChI is InChI=1S/C24H28N4O/c1-13(2)17-11-18(24-20(12-17)26-22(29)9-14(3)25-24)16-7-8-21-19(10-16)23(15-5-6-15)27-28(21)4/h7-8,10-15,25H,5-6,9H2,1-4H3,(H,26,29). The summed E-state index contributed by atoms with van der Waals surface area (Å²) < 4.78 is 2.00. The second-order valence-electron chi connectivity index (χ2n) is 8.96. The molecule has 5 rings (SSSR count). The molecular weight excluding hydrogens is 360 g/mol. The van der Waals surface area contributed by atoms with Gasteiger partial charge >= 0.3 is 0 Å². The molecule has 1 aliphatic carbocycles. The third-order valence-electron chi connectivity index (χ3n) is 6.14. The quantitative estimate of drug-likeness (QED) is 0.633. The Balaban J connectivity index is 1.72. The average molecular weight is 389 g/mol. The molecule has 1 unspecified atom stereocenters. The van der Waals surface area contributed by atoms with Crippen LogP contribution in [0.1, 0.15) is 63.1 Å². The predicted molar refractivity (Wildman–Crippen MR) is 119 cm³/mol. The number of anilines is 2. The van der Waals surface area contributed by atoms with E-state index >= 15 is 0 Å². The largest absolute Gasteiger partial charge is 0.380 e. The van der Waals surface area contributed by atoms with E-state index in [1.54, 1.807) is 0 Å². The summed E-state index contributed by atoms with van der Waals surface area (Å²) in [6.07, 6.45) is 2.94. The molecule has 1 amide bonds. The van der Waals surface area contributed by atoms with Gasteiger partial charge < -0.3 is 10.6 Å². The van der Waals surface area contributed by atoms with E-state index in [0.29, 0.717) is 18.3 Å². The number of carbonyl (C=O) groups is 1. The first kappa shape index (κ1) is 18.2. The summed E-state index contributed by atoms with van der Waals surface area (Å²) in [5.41, 5.74) is 7.85. The molecule has 2 aliphatic rings. The van der Waals surface area contributed by atoms with Crippen LogP contribution < -0.4 is 10.6 Å². The Labute approximate surface area is 171 Å². The molecule has 1 saturated carbocycles. The van der Waals surface area contributed by atoms with Crippen LogP contribution in [-0.4, -0.2) is 21.7 Å². The zero-order valence-corrected chi connectivity index (χ0v) is 17.5. The molecular formula is C24H28N4O. The van der Waals surface area contributed by atoms with Crippen molar-refractivity contribution in [3.05, 3.63) is 41.6 Å². The summed E-state index contributed by atoms with van der Waals surface area (Å²) in [5, 5.41) is 12.8. The second-order valence-corrected chi connectivity index (χ2v) is 8.96. The first-order valence-electron chi connectivity index (χ1n) is 10.6. The van der Waals surface area contributed by atoms with E-state index in [1.165, 1.54) is 40.6 Å². The van der Waals surface area contributed by atoms with Crippen molar-refractivity contribution < 1.29 is 4.79 Å². The van der Waals surface area contributed by atoms with E-state index in [4.69, 9.17) is 5.10 Å². The van der Waals surface area contributed by atoms with Gasteiger partial charge in [-0.25, -0.2) is 0 Å². The molecule has 150 valence electrons. The number of fused-ring (bicyclic) bond motifs is 2. The number of benzene rings is 2. The van der Waals surface area contributed by atoms with Crippen molar-refractivity contribution in [2.24, 2.45) is 7.05 Å². The monoisotopic (exact) mass is 388 g/mol. The summed E-state index contributed by atoms with van der Waals surface area (Å²) in [4.78, 5) is 12.3. The fraction of sp³-hybridized carbons (Fsp3) is 0.417. The molecule has 2 heterocycles. The summed E-state index contributed by atoms with van der Waals surface area (Å²) in [6, 6.07) is 11.1. The lowest BCUT2D eigenvalue weighted by atomic mass is 9.93. The lowest BCUT2D eigenvalue weighted by Crippen LogP contribution is -2.19. The lowest BCUT2D eigenvalue weighted by molar-refractivity contribution is -0.116. The number of aryl methyl sites for hydroxylation is 1. The van der Waals surface area contributed by atoms with Crippen molar-refractivity contribution in [2.75, 3.05) is 10.6 Å². The third kappa shape index (κ3) is 3.18. The van der Waals surface area contributed by atoms with Gasteiger partial charge in [0.15, 0.2) is 0 Å². The molecule has 0 spiro atoms. The first-order valence-corrected chi connectivity index (χ1v) is 10.6. The number of nitrogens with zero attached hydrogens (tertiary/aromatic N) is 2. The van der Waals surface area contributed by atoms with Gasteiger partial charge in [-0.15, -0.1) is 0 Å². The van der Waals surface area contributed by atoms with Gasteiger partial charge in [0.05, 0.1) is 22.6 Å². The van der Waals surface area contributed by atoms with Gasteiger partial charge in [0, 0.05) is 36.4 Å². The number of hydrogen-bond donors (Lipinski definition) is 2. The Hall–Kier alpha value is -2.82. The minimum atomic E-state index is 0.0642. The van der Waals surface area contributed by atoms with Crippen LogP contribution in [0.5, 0.6) is 0 Å². The number of amides is 1. The summed E-state index contributed by atoms with van der Waals surface area (Å²) >= 11 is 0. The number of nitrogens with one attached hydrogen (secondary N) is 2. The molecule has 0 bridgehead atoms. The molecule has 2 aromatic carbocycles. The highest BCUT2D eigenvalue weighted by Gasteiger charge is 2.29. The highest BCUT2D eigenvalue weighted by Crippen LogP contribution is 2.44. The van der Waals surface area contributed by atoms with E-state index in [-0.39, 0.29) is 11.9 Å². The number of rotatable bonds is 3. The van der Waals surface area contributed by atoms with Gasteiger partial charge in [0.1, 0.15) is 0 Å². The highest BCUT2D eigenvalue weighted by molar-refractivity contribution is 6.01. The van der Waals surface area contributed by atoms with E-state index in [1.807, 2.05) is 11.7 Å². The minimum absolute atomic E-state index is 0.0642. The normalized spacial score (nSPS) is 19.1. The third-order valence-corrected chi connectivity index (χ3v) is 6.14. The molecule has 2 N–H and O–H groups in total. The fourth-order valence-electron chi connectivity index (χ4n) is 4.37. The minimum Gasteiger partial charge on any atom is -0.380 e. The smallest absolute Gasteiger partial charge is 0.226 e. The van der Waals surface area contributed by atoms with Gasteiger partial charge in [-0.3, -0.25) is 9.48 Å². The first-order chi connectivity index (χ1) is 13.9. The maximum Gasteiger partial charge on any atom is 0.226 e. The Bertz CT molecular complexity index is 1120. The maximum atomic E-state index is 12.3. The van der Waals surface area contributed by atoms with Crippen LogP contribution in [0, 0.1) is 0 Å². The SMILES string of the molecule is CC1CC(=O)Nc2cc(C(C)C)cc(-c3ccc4c(c3)c(C3CC3)nn4C)c2N1. The molecule has 3 aromatic rings. The summed E-state index contributed by atoms with van der Waals surface area (Å²) in [5.74, 6) is 1.04. The van der Waals surface area contributed by atoms with E-state index in [0.717, 1.165) is 16.9 Å². The van der Waals surface area contributed by atoms with Crippen LogP contribution in [0.3, 0.4) is 0 Å². The van der Waals surface area contributed by atoms with Gasteiger partial charge in [0.2, 0.25) is 5.91 Å². The fourth-order valence-corrected chi connectivity index (χ4v) is 4.37. The molecule has 1 aliphatic heterocycles. The van der Waals surface area contributed by atoms with E-state index in [9.17, 15) is 4.79 Å². The van der Waals surface area contributed by atoms with Crippen LogP contribution >= 0.6 is 0 Å². The number of aromatic nitrogens is 2. The molecule has 0 saturated heterocycles. The van der Waals surface area contributed by atoms with Crippen molar-refractivity contribution >= 4 is 28.2 Å². The van der Waals surface area contributed by atoms with Crippen molar-refractivity contribution in [1.29, 1.82) is 0 Å². The maximum absolute atomic E-state index is 12.3. The Kier molecular flexibility index (Phi) is 4.16. The zero-order valence-electron chi connectivity index (χ0n) is 17.5. The van der Waals surface area contributed by atoms with Crippen molar-refractivity contribution in [2.45, 2.75) is 57.9 Å². The number of hydrogen-bond acceptors (Lipinski definition) is 3. The van der Waals surface area contributed by atoms with Crippen LogP contribution in [0.2, 0.25) is 0 Å². The second kappa shape index (κ2) is 6.61. The van der Waals surface area contributed by atoms with E-state index < -0.39 is 0 Å². The van der Waals surface area contributed by atoms with Crippen molar-refractivity contribution in [1.82, 2.24) is 9.78 Å². The number of carbonyl (C=O) groups excluding carboxylic acids is 1.